The number of nitrogens with one attached hydrogen (secondary N) is 1. The maximum absolute atomic E-state index is 11.6. The normalized spacial score (nSPS) is 15.0. The zero-order chi connectivity index (χ0) is 15.2. The van der Waals surface area contributed by atoms with Crippen LogP contribution in [0.3, 0.4) is 0 Å². The molecule has 21 heavy (non-hydrogen) atoms. The zero-order valence-corrected chi connectivity index (χ0v) is 12.1. The van der Waals surface area contributed by atoms with E-state index in [-0.39, 0.29) is 18.6 Å². The summed E-state index contributed by atoms with van der Waals surface area (Å²) in [5.74, 6) is 0.387. The minimum Gasteiger partial charge on any atom is -0.497 e. The average Bonchev–Trinajstić information content (AvgIpc) is 3.29. The molecule has 1 aliphatic rings. The molecule has 1 aliphatic carbocycles. The Hall–Kier alpha value is -2.24. The molecule has 6 nitrogen and oxygen atoms in total. The van der Waals surface area contributed by atoms with Gasteiger partial charge < -0.3 is 19.5 Å². The third-order valence-corrected chi connectivity index (χ3v) is 3.02. The van der Waals surface area contributed by atoms with E-state index in [0.717, 1.165) is 12.8 Å². The summed E-state index contributed by atoms with van der Waals surface area (Å²) in [4.78, 5) is 23.2. The quantitative estimate of drug-likeness (QED) is 0.767. The van der Waals surface area contributed by atoms with Gasteiger partial charge in [0.2, 0.25) is 0 Å². The van der Waals surface area contributed by atoms with E-state index < -0.39 is 12.1 Å². The van der Waals surface area contributed by atoms with Crippen molar-refractivity contribution in [3.05, 3.63) is 24.3 Å². The highest BCUT2D eigenvalue weighted by Gasteiger charge is 2.27. The van der Waals surface area contributed by atoms with Gasteiger partial charge in [-0.05, 0) is 44.0 Å². The Kier molecular flexibility index (Phi) is 5.03. The summed E-state index contributed by atoms with van der Waals surface area (Å²) in [6.45, 7) is 1.30. The lowest BCUT2D eigenvalue weighted by atomic mass is 10.3. The van der Waals surface area contributed by atoms with Gasteiger partial charge >= 0.3 is 5.97 Å². The fourth-order valence-corrected chi connectivity index (χ4v) is 1.65. The van der Waals surface area contributed by atoms with Gasteiger partial charge in [0.1, 0.15) is 11.5 Å². The Bertz CT molecular complexity index is 495. The molecule has 1 amide bonds. The van der Waals surface area contributed by atoms with Crippen molar-refractivity contribution >= 4 is 11.9 Å². The van der Waals surface area contributed by atoms with Crippen LogP contribution in [0.4, 0.5) is 0 Å². The Morgan fingerprint density at radius 1 is 1.24 bits per heavy atom. The average molecular weight is 293 g/mol. The number of rotatable bonds is 7. The molecule has 0 aliphatic heterocycles. The Labute approximate surface area is 123 Å². The molecule has 1 unspecified atom stereocenters. The summed E-state index contributed by atoms with van der Waals surface area (Å²) in [5, 5.41) is 2.77. The fraction of sp³-hybridized carbons (Fsp3) is 0.467. The molecule has 0 saturated heterocycles. The minimum absolute atomic E-state index is 0.243. The SMILES string of the molecule is COc1ccc(OCC(=O)OC(C)C(=O)NC2CC2)cc1. The molecule has 0 heterocycles. The van der Waals surface area contributed by atoms with Gasteiger partial charge in [-0.2, -0.15) is 0 Å². The van der Waals surface area contributed by atoms with Crippen molar-refractivity contribution in [2.24, 2.45) is 0 Å². The van der Waals surface area contributed by atoms with Gasteiger partial charge in [-0.1, -0.05) is 0 Å². The van der Waals surface area contributed by atoms with Crippen molar-refractivity contribution in [3.63, 3.8) is 0 Å². The van der Waals surface area contributed by atoms with E-state index in [1.807, 2.05) is 0 Å². The Balaban J connectivity index is 1.71. The molecular weight excluding hydrogens is 274 g/mol. The van der Waals surface area contributed by atoms with E-state index in [1.54, 1.807) is 38.3 Å². The molecule has 6 heteroatoms. The van der Waals surface area contributed by atoms with Crippen molar-refractivity contribution in [2.75, 3.05) is 13.7 Å². The third kappa shape index (κ3) is 4.98. The number of carbonyl (C=O) groups is 2. The maximum atomic E-state index is 11.6. The summed E-state index contributed by atoms with van der Waals surface area (Å²) in [7, 11) is 1.57. The van der Waals surface area contributed by atoms with Crippen LogP contribution in [0.1, 0.15) is 19.8 Å². The van der Waals surface area contributed by atoms with Crippen molar-refractivity contribution in [3.8, 4) is 11.5 Å². The second kappa shape index (κ2) is 6.97. The topological polar surface area (TPSA) is 73.9 Å². The van der Waals surface area contributed by atoms with Crippen molar-refractivity contribution in [1.29, 1.82) is 0 Å². The molecule has 114 valence electrons. The molecular formula is C15H19NO5. The first-order chi connectivity index (χ1) is 10.1. The molecule has 2 rings (SSSR count). The van der Waals surface area contributed by atoms with Crippen molar-refractivity contribution < 1.29 is 23.8 Å². The number of carbonyl (C=O) groups excluding carboxylic acids is 2. The third-order valence-electron chi connectivity index (χ3n) is 3.02. The van der Waals surface area contributed by atoms with Crippen molar-refractivity contribution in [2.45, 2.75) is 31.9 Å². The van der Waals surface area contributed by atoms with Crippen LogP contribution in [-0.4, -0.2) is 37.7 Å². The highest BCUT2D eigenvalue weighted by molar-refractivity contribution is 5.84. The number of benzene rings is 1. The molecule has 1 saturated carbocycles. The second-order valence-electron chi connectivity index (χ2n) is 4.88. The van der Waals surface area contributed by atoms with Gasteiger partial charge in [0.15, 0.2) is 12.7 Å². The van der Waals surface area contributed by atoms with Crippen LogP contribution in [0.5, 0.6) is 11.5 Å². The van der Waals surface area contributed by atoms with E-state index in [0.29, 0.717) is 11.5 Å². The van der Waals surface area contributed by atoms with Crippen LogP contribution in [0.25, 0.3) is 0 Å². The summed E-state index contributed by atoms with van der Waals surface area (Å²) in [6, 6.07) is 7.08. The van der Waals surface area contributed by atoms with Crippen LogP contribution in [-0.2, 0) is 14.3 Å². The number of hydrogen-bond acceptors (Lipinski definition) is 5. The maximum Gasteiger partial charge on any atom is 0.344 e. The lowest BCUT2D eigenvalue weighted by Crippen LogP contribution is -2.37. The van der Waals surface area contributed by atoms with Gasteiger partial charge in [-0.25, -0.2) is 4.79 Å². The zero-order valence-electron chi connectivity index (χ0n) is 12.1. The minimum atomic E-state index is -0.808. The van der Waals surface area contributed by atoms with Gasteiger partial charge in [-0.15, -0.1) is 0 Å². The Morgan fingerprint density at radius 2 is 1.86 bits per heavy atom. The summed E-state index contributed by atoms with van der Waals surface area (Å²) < 4.78 is 15.3. The number of ether oxygens (including phenoxy) is 3. The van der Waals surface area contributed by atoms with E-state index >= 15 is 0 Å². The van der Waals surface area contributed by atoms with E-state index in [9.17, 15) is 9.59 Å². The monoisotopic (exact) mass is 293 g/mol. The van der Waals surface area contributed by atoms with E-state index in [2.05, 4.69) is 5.32 Å². The molecule has 0 aromatic heterocycles. The van der Waals surface area contributed by atoms with Crippen LogP contribution < -0.4 is 14.8 Å². The number of methoxy groups -OCH3 is 1. The van der Waals surface area contributed by atoms with E-state index in [1.165, 1.54) is 0 Å². The standard InChI is InChI=1S/C15H19NO5/c1-10(15(18)16-11-3-4-11)21-14(17)9-20-13-7-5-12(19-2)6-8-13/h5-8,10-11H,3-4,9H2,1-2H3,(H,16,18). The smallest absolute Gasteiger partial charge is 0.344 e. The fourth-order valence-electron chi connectivity index (χ4n) is 1.65. The largest absolute Gasteiger partial charge is 0.497 e. The molecule has 1 N–H and O–H groups in total. The summed E-state index contributed by atoms with van der Waals surface area (Å²) in [6.07, 6.45) is 1.18. The van der Waals surface area contributed by atoms with Crippen molar-refractivity contribution in [1.82, 2.24) is 5.32 Å². The van der Waals surface area contributed by atoms with Gasteiger partial charge in [0, 0.05) is 6.04 Å². The predicted molar refractivity (Wildman–Crippen MR) is 75.2 cm³/mol. The number of esters is 1. The summed E-state index contributed by atoms with van der Waals surface area (Å²) in [5.41, 5.74) is 0. The first-order valence-corrected chi connectivity index (χ1v) is 6.85. The molecule has 1 aromatic carbocycles. The number of amides is 1. The summed E-state index contributed by atoms with van der Waals surface area (Å²) >= 11 is 0. The predicted octanol–water partition coefficient (Wildman–Crippen LogP) is 1.28. The molecule has 1 aromatic rings. The lowest BCUT2D eigenvalue weighted by Gasteiger charge is -2.13. The number of hydrogen-bond donors (Lipinski definition) is 1. The highest BCUT2D eigenvalue weighted by Crippen LogP contribution is 2.19. The molecule has 0 spiro atoms. The molecule has 1 atom stereocenters. The second-order valence-corrected chi connectivity index (χ2v) is 4.88. The van der Waals surface area contributed by atoms with Gasteiger partial charge in [-0.3, -0.25) is 4.79 Å². The van der Waals surface area contributed by atoms with Gasteiger partial charge in [0.05, 0.1) is 7.11 Å². The first-order valence-electron chi connectivity index (χ1n) is 6.85. The lowest BCUT2D eigenvalue weighted by molar-refractivity contribution is -0.156. The van der Waals surface area contributed by atoms with Gasteiger partial charge in [0.25, 0.3) is 5.91 Å². The Morgan fingerprint density at radius 3 is 2.43 bits per heavy atom. The van der Waals surface area contributed by atoms with Crippen LogP contribution in [0.15, 0.2) is 24.3 Å². The molecule has 0 radical (unpaired) electrons. The van der Waals surface area contributed by atoms with Crippen LogP contribution in [0.2, 0.25) is 0 Å². The van der Waals surface area contributed by atoms with Crippen LogP contribution in [0, 0.1) is 0 Å². The van der Waals surface area contributed by atoms with Crippen LogP contribution >= 0.6 is 0 Å². The molecule has 0 bridgehead atoms. The first kappa shape index (κ1) is 15.2. The molecule has 1 fully saturated rings. The highest BCUT2D eigenvalue weighted by atomic mass is 16.6. The van der Waals surface area contributed by atoms with E-state index in [4.69, 9.17) is 14.2 Å².